The van der Waals surface area contributed by atoms with Gasteiger partial charge in [-0.25, -0.2) is 8.78 Å². The van der Waals surface area contributed by atoms with Crippen LogP contribution in [0, 0.1) is 17.6 Å². The van der Waals surface area contributed by atoms with Crippen molar-refractivity contribution < 1.29 is 43.7 Å². The molecule has 5 amide bonds. The Balaban J connectivity index is 1.29. The van der Waals surface area contributed by atoms with Gasteiger partial charge in [-0.1, -0.05) is 0 Å². The number of rotatable bonds is 6. The highest BCUT2D eigenvalue weighted by Gasteiger charge is 2.47. The number of hydrogen-bond donors (Lipinski definition) is 2. The van der Waals surface area contributed by atoms with E-state index >= 15 is 8.78 Å². The number of halogens is 2. The molecule has 0 bridgehead atoms. The number of aromatic nitrogens is 2. The first-order valence-electron chi connectivity index (χ1n) is 17.3. The highest BCUT2D eigenvalue weighted by atomic mass is 19.2. The van der Waals surface area contributed by atoms with Crippen LogP contribution in [0.15, 0.2) is 18.2 Å². The summed E-state index contributed by atoms with van der Waals surface area (Å²) < 4.78 is 102. The van der Waals surface area contributed by atoms with E-state index in [1.807, 2.05) is 5.32 Å². The molecule has 0 saturated carbocycles. The monoisotopic (exact) mass is 604 g/mol. The van der Waals surface area contributed by atoms with Crippen LogP contribution in [0.25, 0.3) is 0 Å². The van der Waals surface area contributed by atoms with Crippen molar-refractivity contribution in [3.63, 3.8) is 0 Å². The fourth-order valence-corrected chi connectivity index (χ4v) is 5.42. The summed E-state index contributed by atoms with van der Waals surface area (Å²) in [4.78, 5) is 64.1. The molecule has 3 N–H and O–H groups in total. The molecule has 43 heavy (non-hydrogen) atoms. The third-order valence-electron chi connectivity index (χ3n) is 7.71. The molecule has 6 rings (SSSR count). The Hall–Kier alpha value is -4.53. The number of anilines is 2. The second-order valence-corrected chi connectivity index (χ2v) is 10.4. The minimum atomic E-state index is -3.64. The Morgan fingerprint density at radius 3 is 2.33 bits per heavy atom. The summed E-state index contributed by atoms with van der Waals surface area (Å²) in [5, 5.41) is 9.68. The van der Waals surface area contributed by atoms with Crippen LogP contribution in [0.3, 0.4) is 0 Å². The molecule has 4 aliphatic heterocycles. The number of carbonyl (C=O) groups is 5. The lowest BCUT2D eigenvalue weighted by atomic mass is 9.96. The van der Waals surface area contributed by atoms with Gasteiger partial charge in [0, 0.05) is 57.5 Å². The summed E-state index contributed by atoms with van der Waals surface area (Å²) in [6, 6.07) is 1.78. The predicted octanol–water partition coefficient (Wildman–Crippen LogP) is 0.294. The van der Waals surface area contributed by atoms with Crippen LogP contribution in [-0.4, -0.2) is 101 Å². The average Bonchev–Trinajstić information content (AvgIpc) is 3.30. The number of nitrogens with two attached hydrogens (primary N) is 1. The summed E-state index contributed by atoms with van der Waals surface area (Å²) in [6.07, 6.45) is -0.0112. The lowest BCUT2D eigenvalue weighted by molar-refractivity contribution is -0.136. The fourth-order valence-electron chi connectivity index (χ4n) is 5.42. The number of amides is 5. The van der Waals surface area contributed by atoms with Gasteiger partial charge in [-0.15, -0.1) is 10.2 Å². The van der Waals surface area contributed by atoms with Crippen molar-refractivity contribution in [3.05, 3.63) is 46.7 Å². The number of nitrogens with zero attached hydrogens (tertiary/aromatic N) is 6. The van der Waals surface area contributed by atoms with E-state index in [1.165, 1.54) is 12.1 Å². The molecule has 1 aromatic heterocycles. The van der Waals surface area contributed by atoms with Crippen LogP contribution < -0.4 is 20.9 Å². The number of imide groups is 2. The highest BCUT2D eigenvalue weighted by Crippen LogP contribution is 2.35. The first-order chi connectivity index (χ1) is 23.6. The molecule has 13 nitrogen and oxygen atoms in total. The maximum absolute atomic E-state index is 15.9. The number of fused-ring (bicyclic) bond motifs is 1. The predicted molar refractivity (Wildman–Crippen MR) is 147 cm³/mol. The molecular formula is C28H30F2N8O5. The molecule has 3 fully saturated rings. The normalized spacial score (nSPS) is 29.3. The molecule has 0 spiro atoms. The highest BCUT2D eigenvalue weighted by molar-refractivity contribution is 6.24. The molecular weight excluding hydrogens is 566 g/mol. The summed E-state index contributed by atoms with van der Waals surface area (Å²) >= 11 is 0. The fraction of sp³-hybridized carbons (Fsp3) is 0.464. The molecule has 5 heterocycles. The third-order valence-corrected chi connectivity index (χ3v) is 7.71. The summed E-state index contributed by atoms with van der Waals surface area (Å²) in [6.45, 7) is -14.0. The standard InChI is InChI=1S/C28H30F2N8O5/c29-23-19(13-16-22(24(23)30)28(43)38(27(16)42)18-2-4-21(39)32-26(18)41)36-11-9-35(10-12-36)14-15-5-7-37(8-6-15)20-3-1-17(25(31)40)33-34-20/h1,3,13,15,18H,2,4-12,14H2,(H2,31,40)(H,32,39,41)/i9D2,10D2,11D2,12D2. The molecule has 226 valence electrons. The number of carbonyl (C=O) groups excluding carboxylic acids is 5. The van der Waals surface area contributed by atoms with Crippen molar-refractivity contribution in [2.75, 3.05) is 55.4 Å². The SMILES string of the molecule is [2H]C1([2H])N(CC2CCN(c3ccc(C(N)=O)nn3)CC2)C([2H])([2H])C([2H])([2H])N(c2cc3c(c(F)c2F)C(=O)N(C2CCC(=O)NC2=O)C3=O)C1([2H])[2H]. The van der Waals surface area contributed by atoms with E-state index in [1.54, 1.807) is 4.90 Å². The third kappa shape index (κ3) is 5.28. The summed E-state index contributed by atoms with van der Waals surface area (Å²) in [5.41, 5.74) is 1.74. The number of nitrogens with one attached hydrogen (secondary N) is 1. The molecule has 3 saturated heterocycles. The topological polar surface area (TPSA) is 162 Å². The van der Waals surface area contributed by atoms with Gasteiger partial charge in [0.1, 0.15) is 6.04 Å². The maximum Gasteiger partial charge on any atom is 0.269 e. The van der Waals surface area contributed by atoms with Crippen LogP contribution in [0.1, 0.15) is 67.9 Å². The van der Waals surface area contributed by atoms with E-state index in [-0.39, 0.29) is 23.4 Å². The maximum atomic E-state index is 15.9. The van der Waals surface area contributed by atoms with Gasteiger partial charge in [0.2, 0.25) is 11.8 Å². The van der Waals surface area contributed by atoms with Crippen LogP contribution in [-0.2, 0) is 9.59 Å². The molecule has 1 aromatic carbocycles. The number of piperazine rings is 1. The zero-order chi connectivity index (χ0) is 37.6. The van der Waals surface area contributed by atoms with Crippen LogP contribution in [0.2, 0.25) is 0 Å². The first-order valence-corrected chi connectivity index (χ1v) is 13.3. The van der Waals surface area contributed by atoms with E-state index in [0.29, 0.717) is 47.6 Å². The molecule has 4 aliphatic rings. The smallest absolute Gasteiger partial charge is 0.269 e. The molecule has 0 aliphatic carbocycles. The van der Waals surface area contributed by atoms with Crippen molar-refractivity contribution in [2.45, 2.75) is 31.7 Å². The average molecular weight is 605 g/mol. The number of primary amides is 1. The summed E-state index contributed by atoms with van der Waals surface area (Å²) in [7, 11) is 0. The molecule has 15 heteroatoms. The molecule has 0 radical (unpaired) electrons. The van der Waals surface area contributed by atoms with Gasteiger partial charge in [-0.05, 0) is 43.4 Å². The minimum Gasteiger partial charge on any atom is -0.366 e. The number of hydrogen-bond acceptors (Lipinski definition) is 10. The van der Waals surface area contributed by atoms with E-state index in [4.69, 9.17) is 16.7 Å². The minimum absolute atomic E-state index is 0.0439. The Bertz CT molecular complexity index is 1830. The molecule has 2 aromatic rings. The Morgan fingerprint density at radius 2 is 1.70 bits per heavy atom. The van der Waals surface area contributed by atoms with Crippen molar-refractivity contribution in [1.82, 2.24) is 25.3 Å². The van der Waals surface area contributed by atoms with E-state index in [2.05, 4.69) is 10.2 Å². The lowest BCUT2D eigenvalue weighted by Crippen LogP contribution is -2.54. The lowest BCUT2D eigenvalue weighted by Gasteiger charge is -2.39. The van der Waals surface area contributed by atoms with Crippen molar-refractivity contribution in [3.8, 4) is 0 Å². The summed E-state index contributed by atoms with van der Waals surface area (Å²) in [5.74, 6) is -9.45. The van der Waals surface area contributed by atoms with Gasteiger partial charge in [0.15, 0.2) is 23.1 Å². The second-order valence-electron chi connectivity index (χ2n) is 10.4. The van der Waals surface area contributed by atoms with Gasteiger partial charge in [-0.3, -0.25) is 39.1 Å². The largest absolute Gasteiger partial charge is 0.366 e. The van der Waals surface area contributed by atoms with Crippen molar-refractivity contribution in [2.24, 2.45) is 11.7 Å². The molecule has 1 atom stereocenters. The first kappa shape index (κ1) is 20.4. The Labute approximate surface area is 256 Å². The van der Waals surface area contributed by atoms with Crippen LogP contribution in [0.4, 0.5) is 20.3 Å². The second kappa shape index (κ2) is 11.3. The van der Waals surface area contributed by atoms with Gasteiger partial charge in [-0.2, -0.15) is 0 Å². The molecule has 1 unspecified atom stereocenters. The van der Waals surface area contributed by atoms with E-state index < -0.39 is 102 Å². The zero-order valence-electron chi connectivity index (χ0n) is 30.4. The quantitative estimate of drug-likeness (QED) is 0.439. The number of benzene rings is 1. The van der Waals surface area contributed by atoms with Crippen LogP contribution >= 0.6 is 0 Å². The van der Waals surface area contributed by atoms with Gasteiger partial charge < -0.3 is 15.5 Å². The van der Waals surface area contributed by atoms with Gasteiger partial charge >= 0.3 is 0 Å². The van der Waals surface area contributed by atoms with Gasteiger partial charge in [0.05, 0.1) is 22.3 Å². The van der Waals surface area contributed by atoms with E-state index in [9.17, 15) is 24.0 Å². The Kier molecular flexibility index (Phi) is 5.35. The van der Waals surface area contributed by atoms with Gasteiger partial charge in [0.25, 0.3) is 17.7 Å². The van der Waals surface area contributed by atoms with Crippen molar-refractivity contribution >= 4 is 41.0 Å². The van der Waals surface area contributed by atoms with Crippen molar-refractivity contribution in [1.29, 1.82) is 0 Å². The van der Waals surface area contributed by atoms with E-state index in [0.717, 1.165) is 0 Å². The zero-order valence-corrected chi connectivity index (χ0v) is 22.4. The van der Waals surface area contributed by atoms with Crippen LogP contribution in [0.5, 0.6) is 0 Å². The Morgan fingerprint density at radius 1 is 0.977 bits per heavy atom. The number of piperidine rings is 2.